The monoisotopic (exact) mass is 292 g/mol. The Morgan fingerprint density at radius 3 is 1.86 bits per heavy atom. The standard InChI is InChI=1S/C16H20O5/c1-4-19-13-9-7-12(8-10-13)11-14(15(17)20-5-2)16(18)21-6-3/h7-11H,4-6H2,1-3H3. The minimum absolute atomic E-state index is 0.122. The first-order valence-corrected chi connectivity index (χ1v) is 6.91. The molecule has 0 spiro atoms. The van der Waals surface area contributed by atoms with Gasteiger partial charge in [-0.25, -0.2) is 9.59 Å². The highest BCUT2D eigenvalue weighted by atomic mass is 16.6. The Hall–Kier alpha value is -2.30. The van der Waals surface area contributed by atoms with Gasteiger partial charge >= 0.3 is 11.9 Å². The topological polar surface area (TPSA) is 61.8 Å². The van der Waals surface area contributed by atoms with Crippen molar-refractivity contribution >= 4 is 18.0 Å². The first kappa shape index (κ1) is 16.8. The van der Waals surface area contributed by atoms with Crippen LogP contribution in [0.3, 0.4) is 0 Å². The largest absolute Gasteiger partial charge is 0.494 e. The molecular formula is C16H20O5. The summed E-state index contributed by atoms with van der Waals surface area (Å²) in [6, 6.07) is 7.04. The van der Waals surface area contributed by atoms with Crippen LogP contribution in [0.1, 0.15) is 26.3 Å². The molecule has 0 aliphatic rings. The average molecular weight is 292 g/mol. The highest BCUT2D eigenvalue weighted by molar-refractivity contribution is 6.17. The minimum Gasteiger partial charge on any atom is -0.494 e. The van der Waals surface area contributed by atoms with Gasteiger partial charge in [-0.3, -0.25) is 0 Å². The van der Waals surface area contributed by atoms with Crippen molar-refractivity contribution in [2.45, 2.75) is 20.8 Å². The van der Waals surface area contributed by atoms with Gasteiger partial charge in [-0.05, 0) is 44.5 Å². The van der Waals surface area contributed by atoms with Crippen molar-refractivity contribution < 1.29 is 23.8 Å². The number of benzene rings is 1. The number of ether oxygens (including phenoxy) is 3. The Kier molecular flexibility index (Phi) is 7.01. The fourth-order valence-corrected chi connectivity index (χ4v) is 1.61. The van der Waals surface area contributed by atoms with Crippen LogP contribution in [0.15, 0.2) is 29.8 Å². The van der Waals surface area contributed by atoms with Crippen LogP contribution in [0.25, 0.3) is 6.08 Å². The maximum Gasteiger partial charge on any atom is 0.345 e. The molecule has 1 aromatic carbocycles. The summed E-state index contributed by atoms with van der Waals surface area (Å²) in [7, 11) is 0. The second-order valence-corrected chi connectivity index (χ2v) is 4.00. The van der Waals surface area contributed by atoms with Crippen LogP contribution in [0.4, 0.5) is 0 Å². The fraction of sp³-hybridized carbons (Fsp3) is 0.375. The van der Waals surface area contributed by atoms with Gasteiger partial charge in [0.05, 0.1) is 19.8 Å². The highest BCUT2D eigenvalue weighted by Crippen LogP contribution is 2.16. The highest BCUT2D eigenvalue weighted by Gasteiger charge is 2.20. The van der Waals surface area contributed by atoms with Crippen molar-refractivity contribution in [3.8, 4) is 5.75 Å². The van der Waals surface area contributed by atoms with Crippen molar-refractivity contribution in [3.05, 3.63) is 35.4 Å². The zero-order chi connectivity index (χ0) is 15.7. The summed E-state index contributed by atoms with van der Waals surface area (Å²) >= 11 is 0. The minimum atomic E-state index is -0.690. The number of hydrogen-bond donors (Lipinski definition) is 0. The van der Waals surface area contributed by atoms with Gasteiger partial charge in [-0.2, -0.15) is 0 Å². The summed E-state index contributed by atoms with van der Waals surface area (Å²) in [6.45, 7) is 6.21. The summed E-state index contributed by atoms with van der Waals surface area (Å²) in [5, 5.41) is 0. The molecule has 0 radical (unpaired) electrons. The molecule has 5 heteroatoms. The molecule has 1 aromatic rings. The Labute approximate surface area is 124 Å². The second kappa shape index (κ2) is 8.79. The molecule has 21 heavy (non-hydrogen) atoms. The van der Waals surface area contributed by atoms with Crippen molar-refractivity contribution in [2.24, 2.45) is 0 Å². The molecule has 0 amide bonds. The van der Waals surface area contributed by atoms with Gasteiger partial charge in [0.1, 0.15) is 11.3 Å². The van der Waals surface area contributed by atoms with E-state index in [9.17, 15) is 9.59 Å². The molecule has 114 valence electrons. The number of hydrogen-bond acceptors (Lipinski definition) is 5. The zero-order valence-corrected chi connectivity index (χ0v) is 12.5. The molecule has 0 bridgehead atoms. The lowest BCUT2D eigenvalue weighted by Gasteiger charge is -2.07. The molecule has 0 aromatic heterocycles. The van der Waals surface area contributed by atoms with Crippen LogP contribution in [0.2, 0.25) is 0 Å². The number of carbonyl (C=O) groups excluding carboxylic acids is 2. The van der Waals surface area contributed by atoms with Gasteiger partial charge in [0.2, 0.25) is 0 Å². The second-order valence-electron chi connectivity index (χ2n) is 4.00. The van der Waals surface area contributed by atoms with Gasteiger partial charge < -0.3 is 14.2 Å². The molecule has 5 nitrogen and oxygen atoms in total. The van der Waals surface area contributed by atoms with Crippen LogP contribution < -0.4 is 4.74 Å². The van der Waals surface area contributed by atoms with E-state index < -0.39 is 11.9 Å². The lowest BCUT2D eigenvalue weighted by molar-refractivity contribution is -0.146. The molecule has 0 unspecified atom stereocenters. The average Bonchev–Trinajstić information content (AvgIpc) is 2.47. The van der Waals surface area contributed by atoms with Crippen molar-refractivity contribution in [1.29, 1.82) is 0 Å². The molecule has 0 saturated heterocycles. The fourth-order valence-electron chi connectivity index (χ4n) is 1.61. The Morgan fingerprint density at radius 1 is 0.905 bits per heavy atom. The van der Waals surface area contributed by atoms with Crippen molar-refractivity contribution in [2.75, 3.05) is 19.8 Å². The van der Waals surface area contributed by atoms with Gasteiger partial charge in [0, 0.05) is 0 Å². The molecule has 0 N–H and O–H groups in total. The Bertz CT molecular complexity index is 482. The maximum absolute atomic E-state index is 11.8. The summed E-state index contributed by atoms with van der Waals surface area (Å²) in [5.41, 5.74) is 0.567. The van der Waals surface area contributed by atoms with E-state index in [4.69, 9.17) is 14.2 Å². The third-order valence-electron chi connectivity index (χ3n) is 2.49. The summed E-state index contributed by atoms with van der Waals surface area (Å²) in [5.74, 6) is -0.655. The predicted molar refractivity (Wildman–Crippen MR) is 78.9 cm³/mol. The Balaban J connectivity index is 3.00. The van der Waals surface area contributed by atoms with E-state index >= 15 is 0 Å². The van der Waals surface area contributed by atoms with Crippen molar-refractivity contribution in [3.63, 3.8) is 0 Å². The number of carbonyl (C=O) groups is 2. The zero-order valence-electron chi connectivity index (χ0n) is 12.5. The number of esters is 2. The molecule has 0 saturated carbocycles. The predicted octanol–water partition coefficient (Wildman–Crippen LogP) is 2.59. The Morgan fingerprint density at radius 2 is 1.43 bits per heavy atom. The third kappa shape index (κ3) is 5.30. The van der Waals surface area contributed by atoms with Crippen LogP contribution >= 0.6 is 0 Å². The molecular weight excluding hydrogens is 272 g/mol. The van der Waals surface area contributed by atoms with E-state index in [1.165, 1.54) is 6.08 Å². The molecule has 0 fully saturated rings. The normalized spacial score (nSPS) is 9.67. The quantitative estimate of drug-likeness (QED) is 0.334. The SMILES string of the molecule is CCOC(=O)C(=Cc1ccc(OCC)cc1)C(=O)OCC. The van der Waals surface area contributed by atoms with Crippen LogP contribution in [0.5, 0.6) is 5.75 Å². The smallest absolute Gasteiger partial charge is 0.345 e. The lowest BCUT2D eigenvalue weighted by Crippen LogP contribution is -2.18. The van der Waals surface area contributed by atoms with Gasteiger partial charge in [0.25, 0.3) is 0 Å². The van der Waals surface area contributed by atoms with Gasteiger partial charge in [-0.1, -0.05) is 12.1 Å². The molecule has 0 aliphatic carbocycles. The van der Waals surface area contributed by atoms with E-state index in [1.807, 2.05) is 6.92 Å². The third-order valence-corrected chi connectivity index (χ3v) is 2.49. The van der Waals surface area contributed by atoms with E-state index in [1.54, 1.807) is 38.1 Å². The number of rotatable bonds is 7. The molecule has 0 atom stereocenters. The van der Waals surface area contributed by atoms with E-state index in [0.29, 0.717) is 12.2 Å². The van der Waals surface area contributed by atoms with E-state index in [-0.39, 0.29) is 18.8 Å². The van der Waals surface area contributed by atoms with Crippen molar-refractivity contribution in [1.82, 2.24) is 0 Å². The molecule has 0 aliphatic heterocycles. The molecule has 0 heterocycles. The lowest BCUT2D eigenvalue weighted by atomic mass is 10.1. The first-order chi connectivity index (χ1) is 10.1. The van der Waals surface area contributed by atoms with Gasteiger partial charge in [0.15, 0.2) is 0 Å². The first-order valence-electron chi connectivity index (χ1n) is 6.91. The summed E-state index contributed by atoms with van der Waals surface area (Å²) in [6.07, 6.45) is 1.45. The molecule has 1 rings (SSSR count). The van der Waals surface area contributed by atoms with E-state index in [0.717, 1.165) is 5.75 Å². The van der Waals surface area contributed by atoms with E-state index in [2.05, 4.69) is 0 Å². The van der Waals surface area contributed by atoms with Gasteiger partial charge in [-0.15, -0.1) is 0 Å². The van der Waals surface area contributed by atoms with Crippen LogP contribution in [-0.4, -0.2) is 31.8 Å². The summed E-state index contributed by atoms with van der Waals surface area (Å²) < 4.78 is 15.1. The van der Waals surface area contributed by atoms with Crippen LogP contribution in [0, 0.1) is 0 Å². The maximum atomic E-state index is 11.8. The summed E-state index contributed by atoms with van der Waals surface area (Å²) in [4.78, 5) is 23.6. The van der Waals surface area contributed by atoms with Crippen LogP contribution in [-0.2, 0) is 19.1 Å².